The molecule has 26 heavy (non-hydrogen) atoms. The molecule has 2 aromatic rings. The molecule has 140 valence electrons. The highest BCUT2D eigenvalue weighted by Gasteiger charge is 2.32. The molecule has 6 nitrogen and oxygen atoms in total. The summed E-state index contributed by atoms with van der Waals surface area (Å²) in [6, 6.07) is 10.6. The van der Waals surface area contributed by atoms with E-state index >= 15 is 0 Å². The van der Waals surface area contributed by atoms with E-state index in [4.69, 9.17) is 16.7 Å². The molecule has 10 heteroatoms. The van der Waals surface area contributed by atoms with Crippen molar-refractivity contribution < 1.29 is 16.8 Å². The molecular formula is C16H17ClN2O4S3. The molecule has 0 saturated carbocycles. The van der Waals surface area contributed by atoms with Crippen LogP contribution in [0.3, 0.4) is 0 Å². The topological polar surface area (TPSA) is 97.5 Å². The van der Waals surface area contributed by atoms with Gasteiger partial charge in [0, 0.05) is 17.2 Å². The first kappa shape index (κ1) is 19.5. The average Bonchev–Trinajstić information content (AvgIpc) is 2.74. The van der Waals surface area contributed by atoms with Gasteiger partial charge in [0.15, 0.2) is 0 Å². The molecule has 0 aromatic heterocycles. The van der Waals surface area contributed by atoms with Crippen LogP contribution in [0.4, 0.5) is 5.69 Å². The first-order valence-corrected chi connectivity index (χ1v) is 12.0. The zero-order chi connectivity index (χ0) is 19.1. The van der Waals surface area contributed by atoms with Crippen LogP contribution in [0.15, 0.2) is 57.2 Å². The maximum Gasteiger partial charge on any atom is 0.265 e. The van der Waals surface area contributed by atoms with E-state index in [1.54, 1.807) is 23.9 Å². The Morgan fingerprint density at radius 2 is 1.85 bits per heavy atom. The summed E-state index contributed by atoms with van der Waals surface area (Å²) >= 11 is 7.70. The summed E-state index contributed by atoms with van der Waals surface area (Å²) in [4.78, 5) is 0.268. The van der Waals surface area contributed by atoms with Gasteiger partial charge in [-0.15, -0.1) is 11.8 Å². The summed E-state index contributed by atoms with van der Waals surface area (Å²) in [6.45, 7) is 2.23. The van der Waals surface area contributed by atoms with E-state index in [2.05, 4.69) is 0 Å². The number of fused-ring (bicyclic) bond motifs is 1. The lowest BCUT2D eigenvalue weighted by Gasteiger charge is -2.26. The van der Waals surface area contributed by atoms with Gasteiger partial charge in [0.25, 0.3) is 10.0 Å². The predicted octanol–water partition coefficient (Wildman–Crippen LogP) is 2.92. The van der Waals surface area contributed by atoms with E-state index < -0.39 is 20.0 Å². The van der Waals surface area contributed by atoms with Gasteiger partial charge in [-0.1, -0.05) is 30.7 Å². The zero-order valence-electron chi connectivity index (χ0n) is 13.8. The average molecular weight is 433 g/mol. The van der Waals surface area contributed by atoms with Crippen molar-refractivity contribution in [2.75, 3.05) is 16.6 Å². The second kappa shape index (κ2) is 7.05. The quantitative estimate of drug-likeness (QED) is 0.804. The number of anilines is 1. The summed E-state index contributed by atoms with van der Waals surface area (Å²) < 4.78 is 51.2. The maximum absolute atomic E-state index is 13.3. The van der Waals surface area contributed by atoms with Gasteiger partial charge in [0.1, 0.15) is 4.90 Å². The van der Waals surface area contributed by atoms with Crippen molar-refractivity contribution in [3.8, 4) is 0 Å². The smallest absolute Gasteiger partial charge is 0.265 e. The van der Waals surface area contributed by atoms with Crippen molar-refractivity contribution in [3.05, 3.63) is 47.5 Å². The first-order chi connectivity index (χ1) is 12.1. The van der Waals surface area contributed by atoms with Crippen LogP contribution in [0.1, 0.15) is 6.92 Å². The summed E-state index contributed by atoms with van der Waals surface area (Å²) in [6.07, 6.45) is 0. The minimum absolute atomic E-state index is 0.0561. The number of thioether (sulfide) groups is 1. The second-order valence-electron chi connectivity index (χ2n) is 6.06. The van der Waals surface area contributed by atoms with Crippen LogP contribution in [0.25, 0.3) is 0 Å². The van der Waals surface area contributed by atoms with Crippen LogP contribution >= 0.6 is 23.4 Å². The molecule has 0 bridgehead atoms. The summed E-state index contributed by atoms with van der Waals surface area (Å²) in [5, 5.41) is 5.08. The molecule has 0 radical (unpaired) electrons. The van der Waals surface area contributed by atoms with Gasteiger partial charge in [-0.2, -0.15) is 0 Å². The first-order valence-electron chi connectivity index (χ1n) is 7.67. The van der Waals surface area contributed by atoms with Crippen molar-refractivity contribution in [1.82, 2.24) is 0 Å². The van der Waals surface area contributed by atoms with E-state index in [0.29, 0.717) is 5.69 Å². The molecule has 1 atom stereocenters. The van der Waals surface area contributed by atoms with Crippen LogP contribution in [0.2, 0.25) is 5.02 Å². The highest BCUT2D eigenvalue weighted by molar-refractivity contribution is 7.99. The van der Waals surface area contributed by atoms with Crippen LogP contribution in [0.5, 0.6) is 0 Å². The summed E-state index contributed by atoms with van der Waals surface area (Å²) in [7, 11) is -8.13. The number of hydrogen-bond acceptors (Lipinski definition) is 5. The molecule has 1 unspecified atom stereocenters. The highest BCUT2D eigenvalue weighted by atomic mass is 35.5. The van der Waals surface area contributed by atoms with Crippen molar-refractivity contribution in [2.24, 2.45) is 11.1 Å². The van der Waals surface area contributed by atoms with E-state index in [9.17, 15) is 16.8 Å². The Morgan fingerprint density at radius 1 is 1.15 bits per heavy atom. The van der Waals surface area contributed by atoms with Gasteiger partial charge in [0.2, 0.25) is 10.0 Å². The molecule has 2 N–H and O–H groups in total. The molecule has 0 aliphatic carbocycles. The summed E-state index contributed by atoms with van der Waals surface area (Å²) in [5.41, 5.74) is 0.555. The van der Waals surface area contributed by atoms with Crippen molar-refractivity contribution >= 4 is 49.1 Å². The molecule has 1 aliphatic heterocycles. The second-order valence-corrected chi connectivity index (χ2v) is 10.9. The Kier molecular flexibility index (Phi) is 5.28. The van der Waals surface area contributed by atoms with Crippen molar-refractivity contribution in [1.29, 1.82) is 0 Å². The molecule has 1 heterocycles. The Hall–Kier alpha value is -1.26. The fourth-order valence-corrected chi connectivity index (χ4v) is 6.51. The standard InChI is InChI=1S/C16H17ClN2O4S3/c1-11-9-19(14-4-2-3-5-15(14)24-10-11)26(22,23)16-8-12(25(18,20)21)6-7-13(16)17/h2-8,11H,9-10H2,1H3,(H2,18,20,21). The van der Waals surface area contributed by atoms with Crippen LogP contribution in [0, 0.1) is 5.92 Å². The number of primary sulfonamides is 1. The zero-order valence-corrected chi connectivity index (χ0v) is 17.0. The number of benzene rings is 2. The molecule has 3 rings (SSSR count). The Balaban J connectivity index is 2.20. The van der Waals surface area contributed by atoms with Gasteiger partial charge in [-0.3, -0.25) is 4.31 Å². The maximum atomic E-state index is 13.3. The Morgan fingerprint density at radius 3 is 2.54 bits per heavy atom. The number of rotatable bonds is 3. The Labute approximate surface area is 162 Å². The van der Waals surface area contributed by atoms with Crippen molar-refractivity contribution in [2.45, 2.75) is 21.6 Å². The lowest BCUT2D eigenvalue weighted by atomic mass is 10.2. The normalized spacial score (nSPS) is 18.3. The van der Waals surface area contributed by atoms with E-state index in [1.807, 2.05) is 19.1 Å². The lowest BCUT2D eigenvalue weighted by Crippen LogP contribution is -2.35. The van der Waals surface area contributed by atoms with Crippen LogP contribution < -0.4 is 9.44 Å². The van der Waals surface area contributed by atoms with Gasteiger partial charge < -0.3 is 0 Å². The highest BCUT2D eigenvalue weighted by Crippen LogP contribution is 2.39. The molecule has 2 aromatic carbocycles. The van der Waals surface area contributed by atoms with E-state index in [-0.39, 0.29) is 27.3 Å². The fourth-order valence-electron chi connectivity index (χ4n) is 2.66. The molecule has 1 aliphatic rings. The minimum Gasteiger partial charge on any atom is -0.265 e. The number of sulfonamides is 2. The number of para-hydroxylation sites is 1. The van der Waals surface area contributed by atoms with Gasteiger partial charge in [0.05, 0.1) is 15.6 Å². The van der Waals surface area contributed by atoms with Crippen molar-refractivity contribution in [3.63, 3.8) is 0 Å². The predicted molar refractivity (Wildman–Crippen MR) is 104 cm³/mol. The van der Waals surface area contributed by atoms with E-state index in [0.717, 1.165) is 16.7 Å². The molecular weight excluding hydrogens is 416 g/mol. The fraction of sp³-hybridized carbons (Fsp3) is 0.250. The van der Waals surface area contributed by atoms with Gasteiger partial charge in [-0.25, -0.2) is 22.0 Å². The van der Waals surface area contributed by atoms with Crippen LogP contribution in [-0.4, -0.2) is 29.1 Å². The third-order valence-corrected chi connectivity index (χ3v) is 8.50. The van der Waals surface area contributed by atoms with E-state index in [1.165, 1.54) is 16.4 Å². The van der Waals surface area contributed by atoms with Gasteiger partial charge >= 0.3 is 0 Å². The Bertz CT molecular complexity index is 1050. The van der Waals surface area contributed by atoms with Crippen LogP contribution in [-0.2, 0) is 20.0 Å². The number of halogens is 1. The summed E-state index contributed by atoms with van der Waals surface area (Å²) in [5.74, 6) is 0.871. The largest absolute Gasteiger partial charge is 0.265 e. The minimum atomic E-state index is -4.08. The van der Waals surface area contributed by atoms with Gasteiger partial charge in [-0.05, 0) is 36.2 Å². The number of nitrogens with zero attached hydrogens (tertiary/aromatic N) is 1. The molecule has 0 saturated heterocycles. The molecule has 0 fully saturated rings. The molecule has 0 amide bonds. The third kappa shape index (κ3) is 3.72. The SMILES string of the molecule is CC1CSc2ccccc2N(S(=O)(=O)c2cc(S(N)(=O)=O)ccc2Cl)C1. The molecule has 0 spiro atoms. The monoisotopic (exact) mass is 432 g/mol. The number of hydrogen-bond donors (Lipinski definition) is 1. The third-order valence-electron chi connectivity index (χ3n) is 3.93. The lowest BCUT2D eigenvalue weighted by molar-refractivity contribution is 0.579. The number of nitrogens with two attached hydrogens (primary N) is 1.